The van der Waals surface area contributed by atoms with E-state index >= 15 is 0 Å². The van der Waals surface area contributed by atoms with Crippen LogP contribution in [0.5, 0.6) is 0 Å². The average Bonchev–Trinajstić information content (AvgIpc) is 3.25. The minimum Gasteiger partial charge on any atom is -0.388 e. The monoisotopic (exact) mass is 352 g/mol. The van der Waals surface area contributed by atoms with E-state index in [2.05, 4.69) is 20.2 Å². The molecule has 1 N–H and O–H groups in total. The van der Waals surface area contributed by atoms with Gasteiger partial charge in [0.15, 0.2) is 0 Å². The summed E-state index contributed by atoms with van der Waals surface area (Å²) in [6.45, 7) is 2.33. The number of likely N-dealkylation sites (tertiary alicyclic amines) is 1. The third kappa shape index (κ3) is 3.68. The van der Waals surface area contributed by atoms with E-state index in [1.54, 1.807) is 6.33 Å². The number of β-amino-alcohol motifs (C(OH)–C–C–N with tert-alkyl or cyclic N) is 1. The number of aryl methyl sites for hydroxylation is 1. The van der Waals surface area contributed by atoms with E-state index in [1.807, 2.05) is 58.9 Å². The van der Waals surface area contributed by atoms with Gasteiger partial charge in [0, 0.05) is 32.8 Å². The Labute approximate surface area is 152 Å². The number of hydrogen-bond donors (Lipinski definition) is 1. The lowest BCUT2D eigenvalue weighted by molar-refractivity contribution is -0.0348. The van der Waals surface area contributed by atoms with Crippen molar-refractivity contribution in [1.82, 2.24) is 29.4 Å². The molecule has 1 aliphatic rings. The van der Waals surface area contributed by atoms with Gasteiger partial charge in [-0.15, -0.1) is 10.2 Å². The van der Waals surface area contributed by atoms with Crippen LogP contribution in [0, 0.1) is 0 Å². The molecule has 1 aliphatic heterocycles. The maximum atomic E-state index is 11.1. The third-order valence-corrected chi connectivity index (χ3v) is 4.98. The summed E-state index contributed by atoms with van der Waals surface area (Å²) >= 11 is 0. The molecule has 1 unspecified atom stereocenters. The molecule has 26 heavy (non-hydrogen) atoms. The number of para-hydroxylation sites is 1. The fraction of sp³-hybridized carbons (Fsp3) is 0.421. The van der Waals surface area contributed by atoms with Gasteiger partial charge < -0.3 is 9.67 Å². The van der Waals surface area contributed by atoms with E-state index < -0.39 is 5.60 Å². The number of nitrogens with zero attached hydrogens (tertiary/aromatic N) is 6. The zero-order valence-electron chi connectivity index (χ0n) is 15.0. The van der Waals surface area contributed by atoms with Crippen LogP contribution in [0.1, 0.15) is 24.4 Å². The molecule has 136 valence electrons. The maximum Gasteiger partial charge on any atom is 0.135 e. The van der Waals surface area contributed by atoms with E-state index in [0.717, 1.165) is 43.1 Å². The van der Waals surface area contributed by atoms with Crippen molar-refractivity contribution >= 4 is 0 Å². The van der Waals surface area contributed by atoms with Crippen molar-refractivity contribution < 1.29 is 5.11 Å². The summed E-state index contributed by atoms with van der Waals surface area (Å²) in [7, 11) is 1.91. The largest absolute Gasteiger partial charge is 0.388 e. The van der Waals surface area contributed by atoms with Crippen LogP contribution in [0.2, 0.25) is 0 Å². The highest BCUT2D eigenvalue weighted by atomic mass is 16.3. The molecule has 4 rings (SSSR count). The minimum absolute atomic E-state index is 0.526. The Morgan fingerprint density at radius 2 is 2.04 bits per heavy atom. The first-order valence-electron chi connectivity index (χ1n) is 8.99. The zero-order chi connectivity index (χ0) is 18.0. The quantitative estimate of drug-likeness (QED) is 0.755. The van der Waals surface area contributed by atoms with Crippen LogP contribution in [0.25, 0.3) is 5.69 Å². The number of hydrogen-bond acceptors (Lipinski definition) is 5. The molecule has 7 heteroatoms. The summed E-state index contributed by atoms with van der Waals surface area (Å²) in [6, 6.07) is 12.1. The predicted octanol–water partition coefficient (Wildman–Crippen LogP) is 1.57. The second kappa shape index (κ2) is 7.01. The van der Waals surface area contributed by atoms with Crippen molar-refractivity contribution in [2.24, 2.45) is 7.05 Å². The van der Waals surface area contributed by atoms with Gasteiger partial charge in [0.05, 0.1) is 17.0 Å². The Bertz CT molecular complexity index is 858. The molecule has 0 amide bonds. The average molecular weight is 352 g/mol. The summed E-state index contributed by atoms with van der Waals surface area (Å²) < 4.78 is 3.77. The van der Waals surface area contributed by atoms with Crippen LogP contribution in [0.3, 0.4) is 0 Å². The highest BCUT2D eigenvalue weighted by Crippen LogP contribution is 2.25. The summed E-state index contributed by atoms with van der Waals surface area (Å²) in [5.41, 5.74) is 1.30. The van der Waals surface area contributed by atoms with Gasteiger partial charge in [-0.2, -0.15) is 5.10 Å². The SMILES string of the molecule is Cn1cnnc1CC1(O)CCCN(Cc2ccn(-c3ccccc3)n2)C1. The molecule has 2 aromatic heterocycles. The van der Waals surface area contributed by atoms with Crippen LogP contribution >= 0.6 is 0 Å². The van der Waals surface area contributed by atoms with Gasteiger partial charge in [-0.05, 0) is 37.6 Å². The fourth-order valence-corrected chi connectivity index (χ4v) is 3.65. The normalized spacial score (nSPS) is 21.2. The maximum absolute atomic E-state index is 11.1. The number of aliphatic hydroxyl groups is 1. The molecule has 0 radical (unpaired) electrons. The van der Waals surface area contributed by atoms with Gasteiger partial charge in [-0.1, -0.05) is 18.2 Å². The Hall–Kier alpha value is -2.51. The van der Waals surface area contributed by atoms with Crippen LogP contribution in [-0.2, 0) is 20.0 Å². The summed E-state index contributed by atoms with van der Waals surface area (Å²) in [5, 5.41) is 23.8. The van der Waals surface area contributed by atoms with Crippen molar-refractivity contribution in [3.8, 4) is 5.69 Å². The van der Waals surface area contributed by atoms with Crippen molar-refractivity contribution in [3.63, 3.8) is 0 Å². The summed E-state index contributed by atoms with van der Waals surface area (Å²) in [6.07, 6.45) is 5.94. The molecule has 7 nitrogen and oxygen atoms in total. The van der Waals surface area contributed by atoms with E-state index in [9.17, 15) is 5.11 Å². The van der Waals surface area contributed by atoms with E-state index in [4.69, 9.17) is 0 Å². The fourth-order valence-electron chi connectivity index (χ4n) is 3.65. The number of piperidine rings is 1. The highest BCUT2D eigenvalue weighted by Gasteiger charge is 2.34. The van der Waals surface area contributed by atoms with Gasteiger partial charge in [0.1, 0.15) is 12.2 Å². The predicted molar refractivity (Wildman–Crippen MR) is 97.7 cm³/mol. The van der Waals surface area contributed by atoms with E-state index in [0.29, 0.717) is 13.0 Å². The second-order valence-electron chi connectivity index (χ2n) is 7.16. The molecule has 0 saturated carbocycles. The lowest BCUT2D eigenvalue weighted by atomic mass is 9.89. The molecule has 0 aliphatic carbocycles. The van der Waals surface area contributed by atoms with Gasteiger partial charge in [-0.25, -0.2) is 4.68 Å². The number of benzene rings is 1. The molecule has 1 aromatic carbocycles. The Balaban J connectivity index is 1.42. The van der Waals surface area contributed by atoms with Crippen molar-refractivity contribution in [2.45, 2.75) is 31.4 Å². The summed E-state index contributed by atoms with van der Waals surface area (Å²) in [4.78, 5) is 2.28. The van der Waals surface area contributed by atoms with Crippen molar-refractivity contribution in [1.29, 1.82) is 0 Å². The van der Waals surface area contributed by atoms with E-state index in [-0.39, 0.29) is 0 Å². The Morgan fingerprint density at radius 1 is 1.19 bits per heavy atom. The summed E-state index contributed by atoms with van der Waals surface area (Å²) in [5.74, 6) is 0.822. The van der Waals surface area contributed by atoms with Gasteiger partial charge in [0.25, 0.3) is 0 Å². The molecule has 1 saturated heterocycles. The zero-order valence-corrected chi connectivity index (χ0v) is 15.0. The molecular weight excluding hydrogens is 328 g/mol. The second-order valence-corrected chi connectivity index (χ2v) is 7.16. The van der Waals surface area contributed by atoms with Crippen LogP contribution < -0.4 is 0 Å². The number of aromatic nitrogens is 5. The molecule has 3 aromatic rings. The standard InChI is InChI=1S/C19H24N6O/c1-23-15-20-21-18(23)12-19(26)9-5-10-24(14-19)13-16-8-11-25(22-16)17-6-3-2-4-7-17/h2-4,6-8,11,15,26H,5,9-10,12-14H2,1H3. The lowest BCUT2D eigenvalue weighted by Crippen LogP contribution is -2.49. The molecular formula is C19H24N6O. The first-order valence-corrected chi connectivity index (χ1v) is 8.99. The topological polar surface area (TPSA) is 72.0 Å². The molecule has 0 spiro atoms. The minimum atomic E-state index is -0.763. The van der Waals surface area contributed by atoms with Crippen LogP contribution in [0.4, 0.5) is 0 Å². The number of rotatable bonds is 5. The lowest BCUT2D eigenvalue weighted by Gasteiger charge is -2.38. The van der Waals surface area contributed by atoms with Crippen molar-refractivity contribution in [3.05, 3.63) is 60.4 Å². The molecule has 1 atom stereocenters. The first kappa shape index (κ1) is 16.9. The molecule has 1 fully saturated rings. The van der Waals surface area contributed by atoms with Gasteiger partial charge in [-0.3, -0.25) is 4.90 Å². The Morgan fingerprint density at radius 3 is 2.81 bits per heavy atom. The van der Waals surface area contributed by atoms with Crippen LogP contribution in [0.15, 0.2) is 48.9 Å². The smallest absolute Gasteiger partial charge is 0.135 e. The van der Waals surface area contributed by atoms with Gasteiger partial charge >= 0.3 is 0 Å². The van der Waals surface area contributed by atoms with Gasteiger partial charge in [0.2, 0.25) is 0 Å². The molecule has 3 heterocycles. The Kier molecular flexibility index (Phi) is 4.57. The molecule has 0 bridgehead atoms. The van der Waals surface area contributed by atoms with Crippen molar-refractivity contribution in [2.75, 3.05) is 13.1 Å². The van der Waals surface area contributed by atoms with E-state index in [1.165, 1.54) is 0 Å². The third-order valence-electron chi connectivity index (χ3n) is 4.98. The first-order chi connectivity index (χ1) is 12.6. The highest BCUT2D eigenvalue weighted by molar-refractivity contribution is 5.30. The van der Waals surface area contributed by atoms with Crippen LogP contribution in [-0.4, -0.2) is 53.2 Å².